The normalized spacial score (nSPS) is 9.57. The molecule has 0 bridgehead atoms. The van der Waals surface area contributed by atoms with Gasteiger partial charge in [0.15, 0.2) is 0 Å². The van der Waals surface area contributed by atoms with Crippen molar-refractivity contribution in [1.82, 2.24) is 4.90 Å². The number of benzene rings is 1. The van der Waals surface area contributed by atoms with Crippen molar-refractivity contribution in [1.29, 1.82) is 5.26 Å². The van der Waals surface area contributed by atoms with Gasteiger partial charge in [-0.1, -0.05) is 0 Å². The lowest BCUT2D eigenvalue weighted by Gasteiger charge is -2.17. The predicted octanol–water partition coefficient (Wildman–Crippen LogP) is 0.532. The lowest BCUT2D eigenvalue weighted by atomic mass is 10.3. The van der Waals surface area contributed by atoms with Crippen molar-refractivity contribution < 1.29 is 14.4 Å². The van der Waals surface area contributed by atoms with E-state index >= 15 is 0 Å². The molecule has 0 aliphatic rings. The Morgan fingerprint density at radius 2 is 1.95 bits per heavy atom. The van der Waals surface area contributed by atoms with E-state index in [-0.39, 0.29) is 13.1 Å². The molecular weight excluding hydrogens is 292 g/mol. The number of rotatable bonds is 4. The van der Waals surface area contributed by atoms with E-state index in [1.54, 1.807) is 24.3 Å². The van der Waals surface area contributed by atoms with Gasteiger partial charge in [0.2, 0.25) is 5.91 Å². The Labute approximate surface area is 126 Å². The van der Waals surface area contributed by atoms with Crippen molar-refractivity contribution in [3.63, 3.8) is 0 Å². The fourth-order valence-corrected chi connectivity index (χ4v) is 1.87. The topological polar surface area (TPSA) is 116 Å². The summed E-state index contributed by atoms with van der Waals surface area (Å²) in [4.78, 5) is 36.4. The molecule has 0 aromatic heterocycles. The minimum absolute atomic E-state index is 0.0145. The van der Waals surface area contributed by atoms with E-state index in [1.807, 2.05) is 5.40 Å². The van der Waals surface area contributed by atoms with Crippen LogP contribution in [-0.2, 0) is 14.4 Å². The Morgan fingerprint density at radius 3 is 2.43 bits per heavy atom. The van der Waals surface area contributed by atoms with Crippen LogP contribution in [0, 0.1) is 10.7 Å². The Kier molecular flexibility index (Phi) is 6.39. The van der Waals surface area contributed by atoms with Gasteiger partial charge < -0.3 is 11.1 Å². The molecule has 1 aromatic rings. The molecule has 1 rings (SSSR count). The molecule has 0 heterocycles. The third-order valence-electron chi connectivity index (χ3n) is 2.45. The highest BCUT2D eigenvalue weighted by Gasteiger charge is 2.24. The number of amides is 3. The quantitative estimate of drug-likeness (QED) is 0.476. The molecular formula is C13H14N4O3S. The van der Waals surface area contributed by atoms with Crippen LogP contribution in [0.2, 0.25) is 0 Å². The maximum atomic E-state index is 11.8. The van der Waals surface area contributed by atoms with Crippen LogP contribution in [0.5, 0.6) is 0 Å². The molecule has 3 N–H and O–H groups in total. The summed E-state index contributed by atoms with van der Waals surface area (Å²) in [7, 11) is 0. The third-order valence-corrected chi connectivity index (χ3v) is 3.05. The number of thioether (sulfide) groups is 1. The lowest BCUT2D eigenvalue weighted by molar-refractivity contribution is -0.149. The first-order chi connectivity index (χ1) is 9.99. The fourth-order valence-electron chi connectivity index (χ4n) is 1.50. The van der Waals surface area contributed by atoms with Gasteiger partial charge >= 0.3 is 11.8 Å². The number of nitriles is 1. The van der Waals surface area contributed by atoms with Crippen LogP contribution >= 0.6 is 11.8 Å². The molecule has 0 spiro atoms. The molecule has 0 fully saturated rings. The zero-order valence-electron chi connectivity index (χ0n) is 11.3. The molecule has 0 radical (unpaired) electrons. The number of nitrogens with two attached hydrogens (primary N) is 1. The number of hydrogen-bond donors (Lipinski definition) is 2. The Bertz CT molecular complexity index is 580. The van der Waals surface area contributed by atoms with Crippen molar-refractivity contribution in [2.75, 3.05) is 18.4 Å². The Hall–Kier alpha value is -2.37. The second kappa shape index (κ2) is 8.04. The van der Waals surface area contributed by atoms with Crippen molar-refractivity contribution >= 4 is 35.2 Å². The number of carbonyl (C=O) groups excluding carboxylic acids is 3. The number of hydrogen-bond acceptors (Lipinski definition) is 6. The van der Waals surface area contributed by atoms with Crippen molar-refractivity contribution in [2.24, 2.45) is 5.73 Å². The molecule has 0 saturated carbocycles. The molecule has 0 unspecified atom stereocenters. The van der Waals surface area contributed by atoms with Gasteiger partial charge in [-0.05, 0) is 36.0 Å². The summed E-state index contributed by atoms with van der Waals surface area (Å²) in [6.45, 7) is 1.26. The minimum Gasteiger partial charge on any atom is -0.329 e. The summed E-state index contributed by atoms with van der Waals surface area (Å²) < 4.78 is 0. The van der Waals surface area contributed by atoms with E-state index in [9.17, 15) is 14.4 Å². The van der Waals surface area contributed by atoms with Crippen molar-refractivity contribution in [3.05, 3.63) is 24.3 Å². The summed E-state index contributed by atoms with van der Waals surface area (Å²) in [6, 6.07) is 6.39. The second-order valence-electron chi connectivity index (χ2n) is 3.94. The average molecular weight is 306 g/mol. The summed E-state index contributed by atoms with van der Waals surface area (Å²) in [6.07, 6.45) is 0. The first-order valence-corrected chi connectivity index (χ1v) is 6.80. The summed E-state index contributed by atoms with van der Waals surface area (Å²) in [5.41, 5.74) is 5.69. The van der Waals surface area contributed by atoms with Gasteiger partial charge in [0.25, 0.3) is 0 Å². The van der Waals surface area contributed by atoms with Crippen LogP contribution in [0.4, 0.5) is 5.69 Å². The molecule has 0 atom stereocenters. The van der Waals surface area contributed by atoms with Crippen molar-refractivity contribution in [2.45, 2.75) is 11.8 Å². The molecule has 0 saturated heterocycles. The van der Waals surface area contributed by atoms with E-state index in [0.29, 0.717) is 5.69 Å². The highest BCUT2D eigenvalue weighted by Crippen LogP contribution is 2.18. The zero-order valence-corrected chi connectivity index (χ0v) is 12.1. The molecule has 110 valence electrons. The van der Waals surface area contributed by atoms with Gasteiger partial charge in [0.1, 0.15) is 5.40 Å². The highest BCUT2D eigenvalue weighted by molar-refractivity contribution is 8.03. The number of imide groups is 1. The largest absolute Gasteiger partial charge is 0.329 e. The van der Waals surface area contributed by atoms with Crippen molar-refractivity contribution in [3.8, 4) is 5.40 Å². The zero-order chi connectivity index (χ0) is 15.8. The second-order valence-corrected chi connectivity index (χ2v) is 4.79. The van der Waals surface area contributed by atoms with E-state index in [1.165, 1.54) is 6.92 Å². The molecule has 0 aliphatic heterocycles. The van der Waals surface area contributed by atoms with Crippen LogP contribution in [0.25, 0.3) is 0 Å². The number of nitrogens with one attached hydrogen (secondary N) is 1. The fraction of sp³-hybridized carbons (Fsp3) is 0.231. The van der Waals surface area contributed by atoms with Crippen LogP contribution in [-0.4, -0.2) is 35.7 Å². The maximum Gasteiger partial charge on any atom is 0.318 e. The smallest absolute Gasteiger partial charge is 0.318 e. The van der Waals surface area contributed by atoms with E-state index in [2.05, 4.69) is 5.32 Å². The predicted molar refractivity (Wildman–Crippen MR) is 78.0 cm³/mol. The molecule has 21 heavy (non-hydrogen) atoms. The molecule has 1 aromatic carbocycles. The van der Waals surface area contributed by atoms with Gasteiger partial charge in [0.05, 0.1) is 0 Å². The SMILES string of the molecule is CC(=O)N(CCN)C(=O)C(=O)Nc1ccc(SC#N)cc1. The van der Waals surface area contributed by atoms with Gasteiger partial charge in [-0.2, -0.15) is 5.26 Å². The molecule has 3 amide bonds. The number of carbonyl (C=O) groups is 3. The minimum atomic E-state index is -0.955. The van der Waals surface area contributed by atoms with E-state index in [0.717, 1.165) is 21.6 Å². The first kappa shape index (κ1) is 16.7. The van der Waals surface area contributed by atoms with Crippen LogP contribution < -0.4 is 11.1 Å². The van der Waals surface area contributed by atoms with E-state index in [4.69, 9.17) is 11.0 Å². The number of thiocyanates is 1. The summed E-state index contributed by atoms with van der Waals surface area (Å²) in [5.74, 6) is -2.41. The lowest BCUT2D eigenvalue weighted by Crippen LogP contribution is -2.44. The van der Waals surface area contributed by atoms with Crippen LogP contribution in [0.15, 0.2) is 29.2 Å². The van der Waals surface area contributed by atoms with Gasteiger partial charge in [-0.25, -0.2) is 0 Å². The summed E-state index contributed by atoms with van der Waals surface area (Å²) >= 11 is 0.984. The average Bonchev–Trinajstić information content (AvgIpc) is 2.46. The summed E-state index contributed by atoms with van der Waals surface area (Å²) in [5, 5.41) is 12.8. The third kappa shape index (κ3) is 4.91. The van der Waals surface area contributed by atoms with Crippen LogP contribution in [0.1, 0.15) is 6.92 Å². The molecule has 0 aliphatic carbocycles. The Morgan fingerprint density at radius 1 is 1.33 bits per heavy atom. The molecule has 7 nitrogen and oxygen atoms in total. The number of nitrogens with zero attached hydrogens (tertiary/aromatic N) is 2. The maximum absolute atomic E-state index is 11.8. The number of anilines is 1. The van der Waals surface area contributed by atoms with E-state index < -0.39 is 17.7 Å². The van der Waals surface area contributed by atoms with Gasteiger partial charge in [-0.15, -0.1) is 0 Å². The molecule has 8 heteroatoms. The van der Waals surface area contributed by atoms with Gasteiger partial charge in [-0.3, -0.25) is 19.3 Å². The highest BCUT2D eigenvalue weighted by atomic mass is 32.2. The monoisotopic (exact) mass is 306 g/mol. The Balaban J connectivity index is 2.73. The standard InChI is InChI=1S/C13H14N4O3S/c1-9(18)17(7-6-14)13(20)12(19)16-10-2-4-11(5-3-10)21-8-15/h2-5H,6-7,14H2,1H3,(H,16,19). The first-order valence-electron chi connectivity index (χ1n) is 5.99. The van der Waals surface area contributed by atoms with Crippen LogP contribution in [0.3, 0.4) is 0 Å². The van der Waals surface area contributed by atoms with Gasteiger partial charge in [0, 0.05) is 30.6 Å².